The lowest BCUT2D eigenvalue weighted by Gasteiger charge is -2.22. The maximum absolute atomic E-state index is 14.2. The predicted molar refractivity (Wildman–Crippen MR) is 151 cm³/mol. The van der Waals surface area contributed by atoms with Crippen LogP contribution < -0.4 is 9.46 Å². The maximum Gasteiger partial charge on any atom is 0.330 e. The van der Waals surface area contributed by atoms with E-state index >= 15 is 0 Å². The van der Waals surface area contributed by atoms with Crippen LogP contribution in [0.25, 0.3) is 22.0 Å². The van der Waals surface area contributed by atoms with Crippen LogP contribution in [0.15, 0.2) is 59.9 Å². The van der Waals surface area contributed by atoms with Crippen LogP contribution in [0.1, 0.15) is 38.8 Å². The number of carbonyl (C=O) groups is 1. The molecule has 4 aromatic rings. The molecule has 0 spiro atoms. The third-order valence-electron chi connectivity index (χ3n) is 6.84. The van der Waals surface area contributed by atoms with Crippen molar-refractivity contribution in [3.05, 3.63) is 72.3 Å². The Morgan fingerprint density at radius 2 is 1.83 bits per heavy atom. The van der Waals surface area contributed by atoms with E-state index in [9.17, 15) is 22.0 Å². The van der Waals surface area contributed by atoms with Crippen molar-refractivity contribution in [2.75, 3.05) is 24.9 Å². The molecule has 1 unspecified atom stereocenters. The van der Waals surface area contributed by atoms with Crippen LogP contribution >= 0.6 is 0 Å². The van der Waals surface area contributed by atoms with E-state index in [0.29, 0.717) is 42.2 Å². The Balaban J connectivity index is 1.47. The molecule has 42 heavy (non-hydrogen) atoms. The largest absolute Gasteiger partial charge is 0.480 e. The molecule has 0 bridgehead atoms. The number of sulfonamides is 1. The van der Waals surface area contributed by atoms with E-state index in [2.05, 4.69) is 19.7 Å². The minimum absolute atomic E-state index is 0.0294. The number of aromatic nitrogens is 3. The fourth-order valence-corrected chi connectivity index (χ4v) is 5.79. The molecule has 0 aliphatic carbocycles. The number of nitrogens with one attached hydrogen (secondary N) is 1. The lowest BCUT2D eigenvalue weighted by molar-refractivity contribution is -0.195. The number of fused-ring (bicyclic) bond motifs is 1. The van der Waals surface area contributed by atoms with Gasteiger partial charge in [0.05, 0.1) is 29.4 Å². The van der Waals surface area contributed by atoms with Crippen LogP contribution in [0.3, 0.4) is 0 Å². The number of ether oxygens (including phenoxy) is 1. The fourth-order valence-electron chi connectivity index (χ4n) is 4.58. The zero-order valence-corrected chi connectivity index (χ0v) is 24.2. The molecular formula is C29H29F2N5O5S. The van der Waals surface area contributed by atoms with Crippen LogP contribution in [0.4, 0.5) is 14.5 Å². The molecule has 10 nitrogen and oxygen atoms in total. The van der Waals surface area contributed by atoms with Gasteiger partial charge in [0.2, 0.25) is 5.88 Å². The Kier molecular flexibility index (Phi) is 7.82. The average molecular weight is 598 g/mol. The van der Waals surface area contributed by atoms with Crippen LogP contribution in [0.5, 0.6) is 5.88 Å². The zero-order valence-electron chi connectivity index (χ0n) is 23.4. The second kappa shape index (κ2) is 11.2. The molecule has 2 aromatic heterocycles. The highest BCUT2D eigenvalue weighted by Gasteiger charge is 2.32. The summed E-state index contributed by atoms with van der Waals surface area (Å²) in [6, 6.07) is 9.30. The van der Waals surface area contributed by atoms with E-state index in [1.807, 2.05) is 6.07 Å². The van der Waals surface area contributed by atoms with Crippen molar-refractivity contribution in [3.8, 4) is 17.0 Å². The van der Waals surface area contributed by atoms with Crippen molar-refractivity contribution in [2.45, 2.75) is 38.0 Å². The number of rotatable bonds is 7. The maximum atomic E-state index is 14.2. The van der Waals surface area contributed by atoms with Crippen molar-refractivity contribution in [3.63, 3.8) is 0 Å². The smallest absolute Gasteiger partial charge is 0.330 e. The normalized spacial score (nSPS) is 16.0. The lowest BCUT2D eigenvalue weighted by atomic mass is 9.97. The van der Waals surface area contributed by atoms with Gasteiger partial charge in [-0.15, -0.1) is 5.06 Å². The van der Waals surface area contributed by atoms with Crippen LogP contribution in [-0.4, -0.2) is 54.6 Å². The van der Waals surface area contributed by atoms with Crippen molar-refractivity contribution in [2.24, 2.45) is 5.41 Å². The second-order valence-corrected chi connectivity index (χ2v) is 12.6. The first-order chi connectivity index (χ1) is 19.9. The molecule has 1 atom stereocenters. The van der Waals surface area contributed by atoms with Gasteiger partial charge < -0.3 is 9.57 Å². The number of carbonyl (C=O) groups excluding carboxylic acids is 1. The number of nitrogens with zero attached hydrogens (tertiary/aromatic N) is 4. The third-order valence-corrected chi connectivity index (χ3v) is 8.20. The number of anilines is 1. The van der Waals surface area contributed by atoms with Crippen molar-refractivity contribution in [1.82, 2.24) is 20.0 Å². The Labute approximate surface area is 241 Å². The first-order valence-electron chi connectivity index (χ1n) is 13.1. The molecule has 2 aromatic carbocycles. The molecule has 0 amide bonds. The van der Waals surface area contributed by atoms with Gasteiger partial charge in [-0.2, -0.15) is 0 Å². The molecule has 13 heteroatoms. The van der Waals surface area contributed by atoms with Crippen molar-refractivity contribution >= 4 is 32.6 Å². The van der Waals surface area contributed by atoms with Crippen molar-refractivity contribution in [1.29, 1.82) is 0 Å². The molecule has 1 aliphatic heterocycles. The Morgan fingerprint density at radius 3 is 2.55 bits per heavy atom. The van der Waals surface area contributed by atoms with E-state index in [4.69, 9.17) is 9.57 Å². The minimum Gasteiger partial charge on any atom is -0.480 e. The number of hydroxylamine groups is 2. The quantitative estimate of drug-likeness (QED) is 0.311. The van der Waals surface area contributed by atoms with Crippen molar-refractivity contribution < 1.29 is 31.6 Å². The number of halogens is 2. The highest BCUT2D eigenvalue weighted by molar-refractivity contribution is 7.92. The highest BCUT2D eigenvalue weighted by Crippen LogP contribution is 2.35. The first kappa shape index (κ1) is 29.3. The summed E-state index contributed by atoms with van der Waals surface area (Å²) in [6.07, 6.45) is 3.66. The number of benzene rings is 2. The summed E-state index contributed by atoms with van der Waals surface area (Å²) in [7, 11) is -3.12. The Bertz CT molecular complexity index is 1780. The highest BCUT2D eigenvalue weighted by atomic mass is 32.2. The van der Waals surface area contributed by atoms with Gasteiger partial charge in [0, 0.05) is 42.2 Å². The second-order valence-electron chi connectivity index (χ2n) is 11.0. The van der Waals surface area contributed by atoms with Gasteiger partial charge in [-0.1, -0.05) is 6.07 Å². The van der Waals surface area contributed by atoms with Gasteiger partial charge in [0.25, 0.3) is 10.0 Å². The van der Waals surface area contributed by atoms with Crippen LogP contribution in [0, 0.1) is 17.0 Å². The van der Waals surface area contributed by atoms with Gasteiger partial charge in [-0.3, -0.25) is 4.72 Å². The van der Waals surface area contributed by atoms with E-state index in [1.165, 1.54) is 25.7 Å². The first-order valence-corrected chi connectivity index (χ1v) is 14.6. The summed E-state index contributed by atoms with van der Waals surface area (Å²) in [5, 5.41) is 2.41. The molecule has 1 saturated heterocycles. The van der Waals surface area contributed by atoms with E-state index < -0.39 is 32.8 Å². The topological polar surface area (TPSA) is 124 Å². The monoisotopic (exact) mass is 597 g/mol. The summed E-state index contributed by atoms with van der Waals surface area (Å²) in [5.41, 5.74) is 1.49. The van der Waals surface area contributed by atoms with Crippen LogP contribution in [-0.2, 0) is 19.7 Å². The molecule has 1 aliphatic rings. The van der Waals surface area contributed by atoms with E-state index in [1.54, 1.807) is 38.0 Å². The van der Waals surface area contributed by atoms with E-state index in [-0.39, 0.29) is 22.7 Å². The minimum atomic E-state index is -4.38. The standard InChI is InChI=1S/C29H29F2N5O5S/c1-29(2,3)28(37)41-36-10-9-18(15-36)26-21-11-17(5-7-23(21)33-16-34-26)19-12-25(27(40-4)32-14-19)42(38,39)35-24-8-6-20(30)13-22(24)31/h5-8,11-14,16,18,35H,9-10,15H2,1-4H3. The van der Waals surface area contributed by atoms with E-state index in [0.717, 1.165) is 23.2 Å². The Morgan fingerprint density at radius 1 is 1.05 bits per heavy atom. The van der Waals surface area contributed by atoms with Crippen LogP contribution in [0.2, 0.25) is 0 Å². The number of methoxy groups -OCH3 is 1. The molecule has 0 radical (unpaired) electrons. The fraction of sp³-hybridized carbons (Fsp3) is 0.310. The van der Waals surface area contributed by atoms with Gasteiger partial charge in [-0.25, -0.2) is 36.9 Å². The zero-order chi connectivity index (χ0) is 30.2. The summed E-state index contributed by atoms with van der Waals surface area (Å²) < 4.78 is 61.4. The summed E-state index contributed by atoms with van der Waals surface area (Å²) in [6.45, 7) is 6.41. The predicted octanol–water partition coefficient (Wildman–Crippen LogP) is 5.07. The molecular weight excluding hydrogens is 568 g/mol. The molecule has 3 heterocycles. The van der Waals surface area contributed by atoms with Gasteiger partial charge in [0.15, 0.2) is 0 Å². The third kappa shape index (κ3) is 6.02. The SMILES string of the molecule is COc1ncc(-c2ccc3ncnc(C4CCN(OC(=O)C(C)(C)C)C4)c3c2)cc1S(=O)(=O)Nc1ccc(F)cc1F. The molecule has 0 saturated carbocycles. The summed E-state index contributed by atoms with van der Waals surface area (Å²) in [5.74, 6) is -2.45. The lowest BCUT2D eigenvalue weighted by Crippen LogP contribution is -2.32. The number of hydrogen-bond acceptors (Lipinski definition) is 9. The van der Waals surface area contributed by atoms with Gasteiger partial charge >= 0.3 is 5.97 Å². The van der Waals surface area contributed by atoms with Gasteiger partial charge in [0.1, 0.15) is 22.9 Å². The number of pyridine rings is 1. The molecule has 1 N–H and O–H groups in total. The average Bonchev–Trinajstić information content (AvgIpc) is 3.41. The summed E-state index contributed by atoms with van der Waals surface area (Å²) >= 11 is 0. The molecule has 1 fully saturated rings. The number of hydrogen-bond donors (Lipinski definition) is 1. The Hall–Kier alpha value is -4.23. The molecule has 220 valence electrons. The molecule has 5 rings (SSSR count). The van der Waals surface area contributed by atoms with Gasteiger partial charge in [-0.05, 0) is 63.1 Å². The summed E-state index contributed by atoms with van der Waals surface area (Å²) in [4.78, 5) is 30.7.